The van der Waals surface area contributed by atoms with Gasteiger partial charge in [-0.05, 0) is 26.7 Å². The highest BCUT2D eigenvalue weighted by Crippen LogP contribution is 2.30. The summed E-state index contributed by atoms with van der Waals surface area (Å²) in [6, 6.07) is 9.44. The van der Waals surface area contributed by atoms with Crippen LogP contribution in [0.25, 0.3) is 11.3 Å². The molecule has 1 saturated heterocycles. The fourth-order valence-electron chi connectivity index (χ4n) is 2.85. The third kappa shape index (κ3) is 3.24. The molecule has 0 bridgehead atoms. The molecular formula is C17H23N3O3S. The molecule has 0 radical (unpaired) electrons. The molecule has 2 heterocycles. The highest BCUT2D eigenvalue weighted by molar-refractivity contribution is 7.89. The van der Waals surface area contributed by atoms with Crippen LogP contribution < -0.4 is 0 Å². The van der Waals surface area contributed by atoms with Crippen LogP contribution in [0.5, 0.6) is 0 Å². The second-order valence-electron chi connectivity index (χ2n) is 6.42. The van der Waals surface area contributed by atoms with Gasteiger partial charge < -0.3 is 5.11 Å². The van der Waals surface area contributed by atoms with Gasteiger partial charge in [0.1, 0.15) is 10.6 Å². The van der Waals surface area contributed by atoms with E-state index < -0.39 is 16.1 Å². The fraction of sp³-hybridized carbons (Fsp3) is 0.471. The third-order valence-corrected chi connectivity index (χ3v) is 6.22. The van der Waals surface area contributed by atoms with Gasteiger partial charge in [0, 0.05) is 30.9 Å². The molecule has 130 valence electrons. The molecule has 6 nitrogen and oxygen atoms in total. The smallest absolute Gasteiger partial charge is 0.246 e. The number of nitrogens with zero attached hydrogens (tertiary/aromatic N) is 3. The predicted molar refractivity (Wildman–Crippen MR) is 92.0 cm³/mol. The Kier molecular flexibility index (Phi) is 4.76. The van der Waals surface area contributed by atoms with E-state index >= 15 is 0 Å². The summed E-state index contributed by atoms with van der Waals surface area (Å²) in [4.78, 5) is 0.235. The Morgan fingerprint density at radius 3 is 2.38 bits per heavy atom. The van der Waals surface area contributed by atoms with Crippen LogP contribution in [0.15, 0.2) is 41.4 Å². The van der Waals surface area contributed by atoms with Crippen molar-refractivity contribution in [2.45, 2.75) is 43.7 Å². The average Bonchev–Trinajstić information content (AvgIpc) is 3.02. The zero-order valence-electron chi connectivity index (χ0n) is 14.0. The molecule has 0 amide bonds. The number of benzene rings is 1. The van der Waals surface area contributed by atoms with Crippen molar-refractivity contribution >= 4 is 10.0 Å². The van der Waals surface area contributed by atoms with Crippen molar-refractivity contribution in [1.82, 2.24) is 14.1 Å². The van der Waals surface area contributed by atoms with Crippen molar-refractivity contribution in [2.75, 3.05) is 13.1 Å². The van der Waals surface area contributed by atoms with Gasteiger partial charge >= 0.3 is 0 Å². The van der Waals surface area contributed by atoms with Gasteiger partial charge in [-0.25, -0.2) is 8.42 Å². The maximum absolute atomic E-state index is 13.1. The van der Waals surface area contributed by atoms with Crippen LogP contribution in [0, 0.1) is 0 Å². The van der Waals surface area contributed by atoms with Crippen molar-refractivity contribution in [3.63, 3.8) is 0 Å². The van der Waals surface area contributed by atoms with Gasteiger partial charge in [0.2, 0.25) is 10.0 Å². The van der Waals surface area contributed by atoms with E-state index in [4.69, 9.17) is 0 Å². The topological polar surface area (TPSA) is 75.4 Å². The number of aromatic nitrogens is 2. The molecule has 0 spiro atoms. The number of rotatable bonds is 4. The molecule has 1 aliphatic rings. The molecule has 1 N–H and O–H groups in total. The van der Waals surface area contributed by atoms with Gasteiger partial charge in [0.25, 0.3) is 0 Å². The lowest BCUT2D eigenvalue weighted by Gasteiger charge is -2.28. The monoisotopic (exact) mass is 349 g/mol. The Hall–Kier alpha value is -1.70. The fourth-order valence-corrected chi connectivity index (χ4v) is 4.46. The summed E-state index contributed by atoms with van der Waals surface area (Å²) < 4.78 is 29.4. The molecular weight excluding hydrogens is 326 g/mol. The van der Waals surface area contributed by atoms with E-state index in [9.17, 15) is 13.5 Å². The van der Waals surface area contributed by atoms with Crippen molar-refractivity contribution < 1.29 is 13.5 Å². The van der Waals surface area contributed by atoms with Gasteiger partial charge in [0.15, 0.2) is 0 Å². The number of aliphatic hydroxyl groups excluding tert-OH is 1. The van der Waals surface area contributed by atoms with Gasteiger partial charge in [-0.2, -0.15) is 9.40 Å². The van der Waals surface area contributed by atoms with E-state index in [0.717, 1.165) is 5.56 Å². The SMILES string of the molecule is CC(C)n1cc(S(=O)(=O)N2CCC(O)CC2)c(-c2ccccc2)n1. The lowest BCUT2D eigenvalue weighted by molar-refractivity contribution is 0.113. The van der Waals surface area contributed by atoms with Crippen LogP contribution in [0.3, 0.4) is 0 Å². The molecule has 3 rings (SSSR count). The van der Waals surface area contributed by atoms with Gasteiger partial charge in [-0.1, -0.05) is 30.3 Å². The van der Waals surface area contributed by atoms with Crippen LogP contribution in [0.2, 0.25) is 0 Å². The number of sulfonamides is 1. The van der Waals surface area contributed by atoms with E-state index in [1.54, 1.807) is 10.9 Å². The molecule has 1 aliphatic heterocycles. The Bertz CT molecular complexity index is 792. The van der Waals surface area contributed by atoms with Crippen LogP contribution >= 0.6 is 0 Å². The maximum atomic E-state index is 13.1. The van der Waals surface area contributed by atoms with E-state index in [0.29, 0.717) is 31.6 Å². The standard InChI is InChI=1S/C17H23N3O3S/c1-13(2)20-12-16(17(18-20)14-6-4-3-5-7-14)24(22,23)19-10-8-15(21)9-11-19/h3-7,12-13,15,21H,8-11H2,1-2H3. The minimum atomic E-state index is -3.64. The zero-order chi connectivity index (χ0) is 17.3. The third-order valence-electron chi connectivity index (χ3n) is 4.32. The molecule has 0 aliphatic carbocycles. The van der Waals surface area contributed by atoms with Gasteiger partial charge in [0.05, 0.1) is 6.10 Å². The lowest BCUT2D eigenvalue weighted by Crippen LogP contribution is -2.40. The Morgan fingerprint density at radius 2 is 1.79 bits per heavy atom. The lowest BCUT2D eigenvalue weighted by atomic mass is 10.1. The molecule has 1 fully saturated rings. The van der Waals surface area contributed by atoms with Crippen molar-refractivity contribution in [3.8, 4) is 11.3 Å². The minimum Gasteiger partial charge on any atom is -0.393 e. The summed E-state index contributed by atoms with van der Waals surface area (Å²) in [5.74, 6) is 0. The highest BCUT2D eigenvalue weighted by atomic mass is 32.2. The Labute approximate surface area is 142 Å². The molecule has 7 heteroatoms. The molecule has 1 aromatic carbocycles. The first-order valence-electron chi connectivity index (χ1n) is 8.22. The van der Waals surface area contributed by atoms with E-state index in [2.05, 4.69) is 5.10 Å². The van der Waals surface area contributed by atoms with E-state index in [1.807, 2.05) is 44.2 Å². The summed E-state index contributed by atoms with van der Waals surface area (Å²) in [6.07, 6.45) is 2.15. The Morgan fingerprint density at radius 1 is 1.17 bits per heavy atom. The first-order valence-corrected chi connectivity index (χ1v) is 9.66. The largest absolute Gasteiger partial charge is 0.393 e. The summed E-state index contributed by atoms with van der Waals surface area (Å²) in [7, 11) is -3.64. The maximum Gasteiger partial charge on any atom is 0.246 e. The van der Waals surface area contributed by atoms with Crippen molar-refractivity contribution in [1.29, 1.82) is 0 Å². The quantitative estimate of drug-likeness (QED) is 0.919. The summed E-state index contributed by atoms with van der Waals surface area (Å²) >= 11 is 0. The summed E-state index contributed by atoms with van der Waals surface area (Å²) in [5, 5.41) is 14.2. The zero-order valence-corrected chi connectivity index (χ0v) is 14.8. The molecule has 1 aromatic heterocycles. The second-order valence-corrected chi connectivity index (χ2v) is 8.32. The minimum absolute atomic E-state index is 0.0691. The van der Waals surface area contributed by atoms with E-state index in [-0.39, 0.29) is 10.9 Å². The first kappa shape index (κ1) is 17.1. The van der Waals surface area contributed by atoms with Gasteiger partial charge in [-0.3, -0.25) is 4.68 Å². The van der Waals surface area contributed by atoms with Crippen LogP contribution in [-0.2, 0) is 10.0 Å². The van der Waals surface area contributed by atoms with Crippen LogP contribution in [0.4, 0.5) is 0 Å². The Balaban J connectivity index is 2.06. The molecule has 0 atom stereocenters. The normalized spacial score (nSPS) is 17.5. The molecule has 2 aromatic rings. The van der Waals surface area contributed by atoms with Gasteiger partial charge in [-0.15, -0.1) is 0 Å². The summed E-state index contributed by atoms with van der Waals surface area (Å²) in [5.41, 5.74) is 1.27. The number of piperidine rings is 1. The summed E-state index contributed by atoms with van der Waals surface area (Å²) in [6.45, 7) is 4.61. The van der Waals surface area contributed by atoms with Crippen molar-refractivity contribution in [3.05, 3.63) is 36.5 Å². The second kappa shape index (κ2) is 6.66. The van der Waals surface area contributed by atoms with Crippen molar-refractivity contribution in [2.24, 2.45) is 0 Å². The molecule has 0 saturated carbocycles. The highest BCUT2D eigenvalue weighted by Gasteiger charge is 2.32. The van der Waals surface area contributed by atoms with Crippen LogP contribution in [0.1, 0.15) is 32.7 Å². The average molecular weight is 349 g/mol. The number of hydrogen-bond donors (Lipinski definition) is 1. The first-order chi connectivity index (χ1) is 11.4. The van der Waals surface area contributed by atoms with Crippen LogP contribution in [-0.4, -0.2) is 46.8 Å². The molecule has 24 heavy (non-hydrogen) atoms. The predicted octanol–water partition coefficient (Wildman–Crippen LogP) is 2.28. The number of hydrogen-bond acceptors (Lipinski definition) is 4. The number of aliphatic hydroxyl groups is 1. The molecule has 0 unspecified atom stereocenters. The van der Waals surface area contributed by atoms with E-state index in [1.165, 1.54) is 4.31 Å².